The normalized spacial score (nSPS) is 13.1. The molecule has 0 heterocycles. The summed E-state index contributed by atoms with van der Waals surface area (Å²) in [5.74, 6) is 0.220. The maximum absolute atomic E-state index is 11.4. The Morgan fingerprint density at radius 2 is 2.00 bits per heavy atom. The molecular formula is C11H20N2O2. The van der Waals surface area contributed by atoms with Crippen molar-refractivity contribution in [2.75, 3.05) is 0 Å². The summed E-state index contributed by atoms with van der Waals surface area (Å²) in [7, 11) is 0. The summed E-state index contributed by atoms with van der Waals surface area (Å²) in [6.45, 7) is 9.34. The van der Waals surface area contributed by atoms with Crippen LogP contribution in [0.5, 0.6) is 0 Å². The zero-order valence-corrected chi connectivity index (χ0v) is 10.1. The lowest BCUT2D eigenvalue weighted by atomic mass is 10.0. The van der Waals surface area contributed by atoms with Gasteiger partial charge in [-0.25, -0.2) is 4.79 Å². The van der Waals surface area contributed by atoms with Gasteiger partial charge in [0.15, 0.2) is 0 Å². The largest absolute Gasteiger partial charge is 0.444 e. The molecule has 0 aliphatic rings. The van der Waals surface area contributed by atoms with Crippen LogP contribution >= 0.6 is 0 Å². The number of nitrogens with zero attached hydrogens (tertiary/aromatic N) is 1. The third-order valence-corrected chi connectivity index (χ3v) is 1.82. The van der Waals surface area contributed by atoms with Crippen molar-refractivity contribution in [2.45, 2.75) is 52.7 Å². The average molecular weight is 212 g/mol. The van der Waals surface area contributed by atoms with Crippen LogP contribution in [0.15, 0.2) is 0 Å². The van der Waals surface area contributed by atoms with E-state index in [1.54, 1.807) is 20.8 Å². The highest BCUT2D eigenvalue weighted by Gasteiger charge is 2.20. The van der Waals surface area contributed by atoms with E-state index in [0.29, 0.717) is 6.42 Å². The molecule has 0 spiro atoms. The third kappa shape index (κ3) is 6.78. The average Bonchev–Trinajstić information content (AvgIpc) is 1.99. The second-order valence-corrected chi connectivity index (χ2v) is 4.86. The highest BCUT2D eigenvalue weighted by atomic mass is 16.6. The quantitative estimate of drug-likeness (QED) is 0.781. The first kappa shape index (κ1) is 13.8. The Morgan fingerprint density at radius 3 is 2.33 bits per heavy atom. The number of alkyl carbamates (subject to hydrolysis) is 1. The summed E-state index contributed by atoms with van der Waals surface area (Å²) in [4.78, 5) is 11.4. The molecule has 0 unspecified atom stereocenters. The Balaban J connectivity index is 4.19. The minimum Gasteiger partial charge on any atom is -0.444 e. The van der Waals surface area contributed by atoms with E-state index in [1.807, 2.05) is 19.9 Å². The molecule has 15 heavy (non-hydrogen) atoms. The summed E-state index contributed by atoms with van der Waals surface area (Å²) < 4.78 is 5.11. The molecule has 1 amide bonds. The Bertz CT molecular complexity index is 248. The van der Waals surface area contributed by atoms with Crippen molar-refractivity contribution in [3.63, 3.8) is 0 Å². The predicted octanol–water partition coefficient (Wildman–Crippen LogP) is 2.45. The Hall–Kier alpha value is -1.24. The van der Waals surface area contributed by atoms with Gasteiger partial charge in [0.05, 0.1) is 12.5 Å². The number of nitrogens with one attached hydrogen (secondary N) is 1. The molecular weight excluding hydrogens is 192 g/mol. The van der Waals surface area contributed by atoms with E-state index in [9.17, 15) is 4.79 Å². The van der Waals surface area contributed by atoms with Gasteiger partial charge in [-0.2, -0.15) is 5.26 Å². The Labute approximate surface area is 91.6 Å². The van der Waals surface area contributed by atoms with Gasteiger partial charge in [0.1, 0.15) is 5.60 Å². The SMILES string of the molecule is CC(C)[C@H](CC#N)NC(=O)OC(C)(C)C. The minimum atomic E-state index is -0.502. The number of carbonyl (C=O) groups is 1. The van der Waals surface area contributed by atoms with Gasteiger partial charge in [-0.1, -0.05) is 13.8 Å². The lowest BCUT2D eigenvalue weighted by Gasteiger charge is -2.24. The molecule has 86 valence electrons. The number of amides is 1. The third-order valence-electron chi connectivity index (χ3n) is 1.82. The van der Waals surface area contributed by atoms with Crippen molar-refractivity contribution in [2.24, 2.45) is 5.92 Å². The van der Waals surface area contributed by atoms with Crippen LogP contribution in [0.2, 0.25) is 0 Å². The van der Waals surface area contributed by atoms with Gasteiger partial charge in [-0.05, 0) is 26.7 Å². The lowest BCUT2D eigenvalue weighted by Crippen LogP contribution is -2.41. The van der Waals surface area contributed by atoms with Crippen LogP contribution in [-0.4, -0.2) is 17.7 Å². The number of hydrogen-bond donors (Lipinski definition) is 1. The Morgan fingerprint density at radius 1 is 1.47 bits per heavy atom. The summed E-state index contributed by atoms with van der Waals surface area (Å²) in [5.41, 5.74) is -0.502. The number of carbonyl (C=O) groups excluding carboxylic acids is 1. The van der Waals surface area contributed by atoms with Crippen LogP contribution < -0.4 is 5.32 Å². The van der Waals surface area contributed by atoms with Crippen molar-refractivity contribution >= 4 is 6.09 Å². The maximum Gasteiger partial charge on any atom is 0.407 e. The van der Waals surface area contributed by atoms with E-state index in [4.69, 9.17) is 10.00 Å². The fourth-order valence-corrected chi connectivity index (χ4v) is 1.01. The number of nitriles is 1. The van der Waals surface area contributed by atoms with E-state index in [-0.39, 0.29) is 12.0 Å². The first-order valence-electron chi connectivity index (χ1n) is 5.12. The van der Waals surface area contributed by atoms with Crippen LogP contribution in [0.1, 0.15) is 41.0 Å². The van der Waals surface area contributed by atoms with Gasteiger partial charge in [0, 0.05) is 6.04 Å². The maximum atomic E-state index is 11.4. The van der Waals surface area contributed by atoms with E-state index >= 15 is 0 Å². The summed E-state index contributed by atoms with van der Waals surface area (Å²) in [6, 6.07) is 1.90. The molecule has 0 aliphatic carbocycles. The molecule has 0 saturated carbocycles. The standard InChI is InChI=1S/C11H20N2O2/c1-8(2)9(6-7-12)13-10(14)15-11(3,4)5/h8-9H,6H2,1-5H3,(H,13,14)/t9-/m0/s1. The Kier molecular flexibility index (Phi) is 5.13. The first-order valence-corrected chi connectivity index (χ1v) is 5.12. The van der Waals surface area contributed by atoms with Gasteiger partial charge in [0.25, 0.3) is 0 Å². The zero-order valence-electron chi connectivity index (χ0n) is 10.1. The van der Waals surface area contributed by atoms with Gasteiger partial charge in [-0.3, -0.25) is 0 Å². The van der Waals surface area contributed by atoms with Crippen molar-refractivity contribution in [3.8, 4) is 6.07 Å². The molecule has 0 aliphatic heterocycles. The molecule has 0 aromatic heterocycles. The smallest absolute Gasteiger partial charge is 0.407 e. The summed E-state index contributed by atoms with van der Waals surface area (Å²) >= 11 is 0. The number of rotatable bonds is 3. The first-order chi connectivity index (χ1) is 6.76. The molecule has 4 heteroatoms. The van der Waals surface area contributed by atoms with Gasteiger partial charge in [0.2, 0.25) is 0 Å². The fraction of sp³-hybridized carbons (Fsp3) is 0.818. The predicted molar refractivity (Wildman–Crippen MR) is 58.2 cm³/mol. The van der Waals surface area contributed by atoms with E-state index in [1.165, 1.54) is 0 Å². The van der Waals surface area contributed by atoms with Gasteiger partial charge >= 0.3 is 6.09 Å². The minimum absolute atomic E-state index is 0.148. The molecule has 0 fully saturated rings. The molecule has 0 rings (SSSR count). The van der Waals surface area contributed by atoms with Crippen molar-refractivity contribution in [1.29, 1.82) is 5.26 Å². The van der Waals surface area contributed by atoms with E-state index < -0.39 is 11.7 Å². The van der Waals surface area contributed by atoms with E-state index in [0.717, 1.165) is 0 Å². The van der Waals surface area contributed by atoms with Crippen LogP contribution in [-0.2, 0) is 4.74 Å². The molecule has 1 N–H and O–H groups in total. The number of ether oxygens (including phenoxy) is 1. The zero-order chi connectivity index (χ0) is 12.1. The molecule has 0 aromatic carbocycles. The molecule has 0 bridgehead atoms. The van der Waals surface area contributed by atoms with Crippen molar-refractivity contribution in [3.05, 3.63) is 0 Å². The van der Waals surface area contributed by atoms with Gasteiger partial charge < -0.3 is 10.1 Å². The summed E-state index contributed by atoms with van der Waals surface area (Å²) in [5, 5.41) is 11.3. The highest BCUT2D eigenvalue weighted by molar-refractivity contribution is 5.68. The summed E-state index contributed by atoms with van der Waals surface area (Å²) in [6.07, 6.45) is -0.159. The molecule has 4 nitrogen and oxygen atoms in total. The van der Waals surface area contributed by atoms with Crippen LogP contribution in [0.25, 0.3) is 0 Å². The molecule has 1 atom stereocenters. The van der Waals surface area contributed by atoms with Crippen LogP contribution in [0.4, 0.5) is 4.79 Å². The topological polar surface area (TPSA) is 62.1 Å². The van der Waals surface area contributed by atoms with Crippen LogP contribution in [0.3, 0.4) is 0 Å². The van der Waals surface area contributed by atoms with Crippen molar-refractivity contribution in [1.82, 2.24) is 5.32 Å². The lowest BCUT2D eigenvalue weighted by molar-refractivity contribution is 0.0492. The fourth-order valence-electron chi connectivity index (χ4n) is 1.01. The number of hydrogen-bond acceptors (Lipinski definition) is 3. The van der Waals surface area contributed by atoms with E-state index in [2.05, 4.69) is 5.32 Å². The second kappa shape index (κ2) is 5.59. The molecule has 0 saturated heterocycles. The second-order valence-electron chi connectivity index (χ2n) is 4.86. The van der Waals surface area contributed by atoms with Crippen molar-refractivity contribution < 1.29 is 9.53 Å². The highest BCUT2D eigenvalue weighted by Crippen LogP contribution is 2.09. The van der Waals surface area contributed by atoms with Crippen LogP contribution in [0, 0.1) is 17.2 Å². The molecule has 0 aromatic rings. The van der Waals surface area contributed by atoms with Gasteiger partial charge in [-0.15, -0.1) is 0 Å². The molecule has 0 radical (unpaired) electrons. The monoisotopic (exact) mass is 212 g/mol.